The molecule has 2 rings (SSSR count). The molecule has 0 bridgehead atoms. The predicted molar refractivity (Wildman–Crippen MR) is 63.2 cm³/mol. The van der Waals surface area contributed by atoms with Crippen LogP contribution in [0, 0.1) is 12.7 Å². The summed E-state index contributed by atoms with van der Waals surface area (Å²) in [7, 11) is 0. The lowest BCUT2D eigenvalue weighted by atomic mass is 10.1. The van der Waals surface area contributed by atoms with Crippen molar-refractivity contribution in [2.45, 2.75) is 19.6 Å². The fraction of sp³-hybridized carbons (Fsp3) is 0.538. The van der Waals surface area contributed by atoms with E-state index in [2.05, 4.69) is 4.90 Å². The van der Waals surface area contributed by atoms with Crippen LogP contribution in [0.3, 0.4) is 0 Å². The van der Waals surface area contributed by atoms with E-state index >= 15 is 0 Å². The Kier molecular flexibility index (Phi) is 4.10. The van der Waals surface area contributed by atoms with Crippen molar-refractivity contribution in [2.75, 3.05) is 26.3 Å². The molecule has 0 radical (unpaired) electrons. The Bertz CT molecular complexity index is 384. The number of hydrogen-bond donors (Lipinski definition) is 1. The van der Waals surface area contributed by atoms with Gasteiger partial charge in [-0.3, -0.25) is 4.90 Å². The molecule has 1 aliphatic heterocycles. The number of rotatable bonds is 3. The molecule has 3 nitrogen and oxygen atoms in total. The van der Waals surface area contributed by atoms with Gasteiger partial charge in [0, 0.05) is 19.6 Å². The third-order valence-electron chi connectivity index (χ3n) is 3.13. The van der Waals surface area contributed by atoms with Crippen LogP contribution < -0.4 is 0 Å². The van der Waals surface area contributed by atoms with E-state index in [1.807, 2.05) is 13.0 Å². The molecule has 0 saturated carbocycles. The maximum atomic E-state index is 13.0. The Balaban J connectivity index is 2.00. The van der Waals surface area contributed by atoms with Crippen LogP contribution in [0.4, 0.5) is 4.39 Å². The zero-order valence-electron chi connectivity index (χ0n) is 10.0. The lowest BCUT2D eigenvalue weighted by Gasteiger charge is -2.32. The summed E-state index contributed by atoms with van der Waals surface area (Å²) in [5.41, 5.74) is 2.10. The van der Waals surface area contributed by atoms with Gasteiger partial charge >= 0.3 is 0 Å². The molecule has 1 unspecified atom stereocenters. The van der Waals surface area contributed by atoms with E-state index in [1.165, 1.54) is 6.07 Å². The first-order valence-electron chi connectivity index (χ1n) is 5.89. The minimum absolute atomic E-state index is 0.0545. The molecule has 0 amide bonds. The summed E-state index contributed by atoms with van der Waals surface area (Å²) >= 11 is 0. The number of ether oxygens (including phenoxy) is 1. The molecule has 94 valence electrons. The summed E-state index contributed by atoms with van der Waals surface area (Å²) in [6, 6.07) is 4.87. The van der Waals surface area contributed by atoms with E-state index in [0.29, 0.717) is 6.61 Å². The molecule has 4 heteroatoms. The average Bonchev–Trinajstić information content (AvgIpc) is 2.33. The Morgan fingerprint density at radius 3 is 3.06 bits per heavy atom. The van der Waals surface area contributed by atoms with Crippen molar-refractivity contribution in [3.8, 4) is 0 Å². The van der Waals surface area contributed by atoms with Gasteiger partial charge in [0.15, 0.2) is 0 Å². The molecular weight excluding hydrogens is 221 g/mol. The number of benzene rings is 1. The molecule has 1 aromatic carbocycles. The highest BCUT2D eigenvalue weighted by molar-refractivity contribution is 5.26. The van der Waals surface area contributed by atoms with Gasteiger partial charge in [-0.1, -0.05) is 6.07 Å². The fourth-order valence-electron chi connectivity index (χ4n) is 2.11. The number of nitrogens with zero attached hydrogens (tertiary/aromatic N) is 1. The van der Waals surface area contributed by atoms with Crippen LogP contribution in [0.15, 0.2) is 18.2 Å². The molecule has 0 spiro atoms. The normalized spacial score (nSPS) is 21.7. The van der Waals surface area contributed by atoms with Gasteiger partial charge in [0.05, 0.1) is 19.3 Å². The fourth-order valence-corrected chi connectivity index (χ4v) is 2.11. The Morgan fingerprint density at radius 1 is 1.53 bits per heavy atom. The van der Waals surface area contributed by atoms with Gasteiger partial charge in [0.1, 0.15) is 5.82 Å². The van der Waals surface area contributed by atoms with Crippen LogP contribution in [-0.2, 0) is 11.3 Å². The maximum Gasteiger partial charge on any atom is 0.123 e. The second-order valence-corrected chi connectivity index (χ2v) is 4.48. The van der Waals surface area contributed by atoms with Gasteiger partial charge in [-0.2, -0.15) is 0 Å². The third kappa shape index (κ3) is 3.25. The van der Waals surface area contributed by atoms with E-state index in [9.17, 15) is 4.39 Å². The van der Waals surface area contributed by atoms with Crippen molar-refractivity contribution in [2.24, 2.45) is 0 Å². The molecule has 17 heavy (non-hydrogen) atoms. The Morgan fingerprint density at radius 2 is 2.35 bits per heavy atom. The molecule has 1 atom stereocenters. The highest BCUT2D eigenvalue weighted by Gasteiger charge is 2.19. The SMILES string of the molecule is Cc1cc(F)ccc1CN1CCOC(CO)C1. The van der Waals surface area contributed by atoms with Gasteiger partial charge in [0.2, 0.25) is 0 Å². The van der Waals surface area contributed by atoms with Gasteiger partial charge in [-0.05, 0) is 30.2 Å². The van der Waals surface area contributed by atoms with E-state index in [0.717, 1.165) is 30.8 Å². The number of morpholine rings is 1. The third-order valence-corrected chi connectivity index (χ3v) is 3.13. The molecular formula is C13H18FNO2. The number of hydrogen-bond acceptors (Lipinski definition) is 3. The smallest absolute Gasteiger partial charge is 0.123 e. The first kappa shape index (κ1) is 12.5. The van der Waals surface area contributed by atoms with Crippen molar-refractivity contribution >= 4 is 0 Å². The summed E-state index contributed by atoms with van der Waals surface area (Å²) in [5.74, 6) is -0.193. The first-order valence-corrected chi connectivity index (χ1v) is 5.89. The van der Waals surface area contributed by atoms with Crippen LogP contribution in [0.5, 0.6) is 0 Å². The molecule has 1 heterocycles. The van der Waals surface area contributed by atoms with Gasteiger partial charge in [0.25, 0.3) is 0 Å². The summed E-state index contributed by atoms with van der Waals surface area (Å²) in [6.07, 6.45) is -0.0931. The minimum Gasteiger partial charge on any atom is -0.394 e. The van der Waals surface area contributed by atoms with Crippen LogP contribution in [-0.4, -0.2) is 42.4 Å². The predicted octanol–water partition coefficient (Wildman–Crippen LogP) is 1.33. The summed E-state index contributed by atoms with van der Waals surface area (Å²) in [5, 5.41) is 9.06. The Hall–Kier alpha value is -0.970. The topological polar surface area (TPSA) is 32.7 Å². The second kappa shape index (κ2) is 5.58. The lowest BCUT2D eigenvalue weighted by molar-refractivity contribution is -0.0551. The molecule has 1 aromatic rings. The van der Waals surface area contributed by atoms with Crippen molar-refractivity contribution in [1.82, 2.24) is 4.90 Å². The number of halogens is 1. The molecule has 1 aliphatic rings. The van der Waals surface area contributed by atoms with Crippen LogP contribution in [0.2, 0.25) is 0 Å². The van der Waals surface area contributed by atoms with Crippen molar-refractivity contribution < 1.29 is 14.2 Å². The number of aliphatic hydroxyl groups excluding tert-OH is 1. The molecule has 1 fully saturated rings. The Labute approximate surface area is 101 Å². The van der Waals surface area contributed by atoms with E-state index in [4.69, 9.17) is 9.84 Å². The van der Waals surface area contributed by atoms with Gasteiger partial charge in [-0.25, -0.2) is 4.39 Å². The first-order chi connectivity index (χ1) is 8.19. The summed E-state index contributed by atoms with van der Waals surface area (Å²) in [6.45, 7) is 4.99. The van der Waals surface area contributed by atoms with Crippen LogP contribution in [0.25, 0.3) is 0 Å². The van der Waals surface area contributed by atoms with Crippen molar-refractivity contribution in [3.63, 3.8) is 0 Å². The standard InChI is InChI=1S/C13H18FNO2/c1-10-6-12(14)3-2-11(10)7-15-4-5-17-13(8-15)9-16/h2-3,6,13,16H,4-5,7-9H2,1H3. The quantitative estimate of drug-likeness (QED) is 0.863. The average molecular weight is 239 g/mol. The van der Waals surface area contributed by atoms with Crippen molar-refractivity contribution in [3.05, 3.63) is 35.1 Å². The van der Waals surface area contributed by atoms with Crippen molar-refractivity contribution in [1.29, 1.82) is 0 Å². The highest BCUT2D eigenvalue weighted by atomic mass is 19.1. The number of aryl methyl sites for hydroxylation is 1. The number of aliphatic hydroxyl groups is 1. The van der Waals surface area contributed by atoms with E-state index < -0.39 is 0 Å². The minimum atomic E-state index is -0.193. The monoisotopic (exact) mass is 239 g/mol. The largest absolute Gasteiger partial charge is 0.394 e. The van der Waals surface area contributed by atoms with E-state index in [-0.39, 0.29) is 18.5 Å². The molecule has 1 saturated heterocycles. The molecule has 0 aromatic heterocycles. The summed E-state index contributed by atoms with van der Waals surface area (Å²) in [4.78, 5) is 2.23. The zero-order chi connectivity index (χ0) is 12.3. The summed E-state index contributed by atoms with van der Waals surface area (Å²) < 4.78 is 18.4. The maximum absolute atomic E-state index is 13.0. The molecule has 0 aliphatic carbocycles. The van der Waals surface area contributed by atoms with Crippen LogP contribution in [0.1, 0.15) is 11.1 Å². The molecule has 1 N–H and O–H groups in total. The lowest BCUT2D eigenvalue weighted by Crippen LogP contribution is -2.43. The highest BCUT2D eigenvalue weighted by Crippen LogP contribution is 2.15. The van der Waals surface area contributed by atoms with Gasteiger partial charge in [-0.15, -0.1) is 0 Å². The van der Waals surface area contributed by atoms with E-state index in [1.54, 1.807) is 6.07 Å². The van der Waals surface area contributed by atoms with Crippen LogP contribution >= 0.6 is 0 Å². The zero-order valence-corrected chi connectivity index (χ0v) is 10.0. The van der Waals surface area contributed by atoms with Gasteiger partial charge < -0.3 is 9.84 Å². The second-order valence-electron chi connectivity index (χ2n) is 4.48.